The van der Waals surface area contributed by atoms with E-state index in [2.05, 4.69) is 61.2 Å². The molecule has 1 aromatic rings. The van der Waals surface area contributed by atoms with Crippen LogP contribution in [0.3, 0.4) is 0 Å². The highest BCUT2D eigenvalue weighted by atomic mass is 15.3. The van der Waals surface area contributed by atoms with Crippen molar-refractivity contribution in [2.24, 2.45) is 5.41 Å². The van der Waals surface area contributed by atoms with Crippen LogP contribution in [0.5, 0.6) is 0 Å². The van der Waals surface area contributed by atoms with E-state index in [0.29, 0.717) is 18.0 Å². The molecule has 0 saturated carbocycles. The van der Waals surface area contributed by atoms with Crippen LogP contribution in [0.1, 0.15) is 59.7 Å². The van der Waals surface area contributed by atoms with Gasteiger partial charge in [-0.2, -0.15) is 0 Å². The van der Waals surface area contributed by atoms with Crippen molar-refractivity contribution in [3.8, 4) is 0 Å². The van der Waals surface area contributed by atoms with Crippen molar-refractivity contribution in [2.45, 2.75) is 72.5 Å². The molecule has 4 heteroatoms. The Labute approximate surface area is 117 Å². The van der Waals surface area contributed by atoms with Gasteiger partial charge < -0.3 is 4.57 Å². The lowest BCUT2D eigenvalue weighted by Crippen LogP contribution is -2.45. The fourth-order valence-electron chi connectivity index (χ4n) is 3.37. The van der Waals surface area contributed by atoms with Gasteiger partial charge in [-0.1, -0.05) is 20.8 Å². The predicted octanol–water partition coefficient (Wildman–Crippen LogP) is 2.91. The molecule has 0 fully saturated rings. The van der Waals surface area contributed by atoms with Gasteiger partial charge in [-0.05, 0) is 32.6 Å². The fourth-order valence-corrected chi connectivity index (χ4v) is 3.37. The molecule has 2 unspecified atom stereocenters. The lowest BCUT2D eigenvalue weighted by molar-refractivity contribution is 0.0921. The number of nitrogens with zero attached hydrogens (tertiary/aromatic N) is 4. The van der Waals surface area contributed by atoms with Crippen molar-refractivity contribution >= 4 is 0 Å². The summed E-state index contributed by atoms with van der Waals surface area (Å²) in [5, 5.41) is 8.46. The molecule has 1 aliphatic heterocycles. The minimum atomic E-state index is 0.236. The van der Waals surface area contributed by atoms with Crippen LogP contribution < -0.4 is 0 Å². The lowest BCUT2D eigenvalue weighted by atomic mass is 9.91. The standard InChI is InChI=1S/C15H28N4/c1-11(2)19-9-15(5,6)8-18-10-16-17-14(18)12(3)7-13(19)4/h10-13H,7-9H2,1-6H3. The van der Waals surface area contributed by atoms with Crippen molar-refractivity contribution in [1.82, 2.24) is 19.7 Å². The average molecular weight is 264 g/mol. The minimum absolute atomic E-state index is 0.236. The zero-order chi connectivity index (χ0) is 14.2. The Balaban J connectivity index is 2.34. The molecule has 2 atom stereocenters. The summed E-state index contributed by atoms with van der Waals surface area (Å²) in [6.45, 7) is 16.0. The minimum Gasteiger partial charge on any atom is -0.317 e. The van der Waals surface area contributed by atoms with Gasteiger partial charge in [0.15, 0.2) is 0 Å². The zero-order valence-corrected chi connectivity index (χ0v) is 13.2. The van der Waals surface area contributed by atoms with Gasteiger partial charge in [-0.3, -0.25) is 4.90 Å². The summed E-state index contributed by atoms with van der Waals surface area (Å²) in [5.74, 6) is 1.61. The van der Waals surface area contributed by atoms with E-state index in [4.69, 9.17) is 0 Å². The van der Waals surface area contributed by atoms with Gasteiger partial charge in [0.05, 0.1) is 0 Å². The Hall–Kier alpha value is -0.900. The molecule has 19 heavy (non-hydrogen) atoms. The SMILES string of the molecule is CC1CC(C)N(C(C)C)CC(C)(C)Cn2cnnc21. The quantitative estimate of drug-likeness (QED) is 0.782. The lowest BCUT2D eigenvalue weighted by Gasteiger charge is -2.38. The van der Waals surface area contributed by atoms with Crippen LogP contribution in [0.4, 0.5) is 0 Å². The van der Waals surface area contributed by atoms with Gasteiger partial charge in [0.2, 0.25) is 0 Å². The molecule has 0 bridgehead atoms. The Morgan fingerprint density at radius 1 is 1.26 bits per heavy atom. The molecule has 0 N–H and O–H groups in total. The smallest absolute Gasteiger partial charge is 0.135 e. The normalized spacial score (nSPS) is 28.6. The summed E-state index contributed by atoms with van der Waals surface area (Å²) in [5.41, 5.74) is 0.236. The topological polar surface area (TPSA) is 34.0 Å². The molecule has 0 spiro atoms. The van der Waals surface area contributed by atoms with Crippen molar-refractivity contribution in [2.75, 3.05) is 6.54 Å². The summed E-state index contributed by atoms with van der Waals surface area (Å²) in [6, 6.07) is 1.17. The molecule has 0 amide bonds. The number of fused-ring (bicyclic) bond motifs is 1. The van der Waals surface area contributed by atoms with Crippen LogP contribution in [-0.4, -0.2) is 38.3 Å². The van der Waals surface area contributed by atoms with Gasteiger partial charge >= 0.3 is 0 Å². The van der Waals surface area contributed by atoms with Gasteiger partial charge in [0.25, 0.3) is 0 Å². The van der Waals surface area contributed by atoms with Crippen LogP contribution in [0.25, 0.3) is 0 Å². The summed E-state index contributed by atoms with van der Waals surface area (Å²) in [4.78, 5) is 2.64. The van der Waals surface area contributed by atoms with E-state index in [-0.39, 0.29) is 5.41 Å². The summed E-state index contributed by atoms with van der Waals surface area (Å²) < 4.78 is 2.25. The Morgan fingerprint density at radius 3 is 2.58 bits per heavy atom. The highest BCUT2D eigenvalue weighted by Gasteiger charge is 2.31. The predicted molar refractivity (Wildman–Crippen MR) is 78.1 cm³/mol. The summed E-state index contributed by atoms with van der Waals surface area (Å²) in [6.07, 6.45) is 3.04. The first-order valence-electron chi connectivity index (χ1n) is 7.43. The highest BCUT2D eigenvalue weighted by molar-refractivity contribution is 4.99. The zero-order valence-electron chi connectivity index (χ0n) is 13.2. The van der Waals surface area contributed by atoms with Crippen LogP contribution in [0, 0.1) is 5.41 Å². The van der Waals surface area contributed by atoms with E-state index in [1.54, 1.807) is 0 Å². The van der Waals surface area contributed by atoms with E-state index in [0.717, 1.165) is 25.3 Å². The average Bonchev–Trinajstić information content (AvgIpc) is 2.72. The second-order valence-corrected chi connectivity index (χ2v) is 7.23. The molecule has 0 saturated heterocycles. The van der Waals surface area contributed by atoms with Gasteiger partial charge in [0, 0.05) is 31.1 Å². The molecule has 0 aliphatic carbocycles. The van der Waals surface area contributed by atoms with Crippen molar-refractivity contribution < 1.29 is 0 Å². The van der Waals surface area contributed by atoms with Crippen LogP contribution in [0.15, 0.2) is 6.33 Å². The maximum absolute atomic E-state index is 4.35. The van der Waals surface area contributed by atoms with E-state index in [1.165, 1.54) is 0 Å². The molecule has 0 aromatic carbocycles. The number of hydrogen-bond acceptors (Lipinski definition) is 3. The molecule has 108 valence electrons. The third-order valence-corrected chi connectivity index (χ3v) is 4.22. The molecule has 4 nitrogen and oxygen atoms in total. The van der Waals surface area contributed by atoms with E-state index in [9.17, 15) is 0 Å². The van der Waals surface area contributed by atoms with E-state index < -0.39 is 0 Å². The first-order chi connectivity index (χ1) is 8.80. The number of aromatic nitrogens is 3. The Bertz CT molecular complexity index is 422. The molecule has 2 heterocycles. The van der Waals surface area contributed by atoms with Gasteiger partial charge in [-0.25, -0.2) is 0 Å². The largest absolute Gasteiger partial charge is 0.317 e. The molecular weight excluding hydrogens is 236 g/mol. The third-order valence-electron chi connectivity index (χ3n) is 4.22. The first kappa shape index (κ1) is 14.5. The highest BCUT2D eigenvalue weighted by Crippen LogP contribution is 2.30. The first-order valence-corrected chi connectivity index (χ1v) is 7.43. The summed E-state index contributed by atoms with van der Waals surface area (Å²) in [7, 11) is 0. The van der Waals surface area contributed by atoms with Crippen LogP contribution >= 0.6 is 0 Å². The molecule has 2 rings (SSSR count). The third kappa shape index (κ3) is 3.16. The van der Waals surface area contributed by atoms with Crippen molar-refractivity contribution in [1.29, 1.82) is 0 Å². The van der Waals surface area contributed by atoms with E-state index in [1.807, 2.05) is 6.33 Å². The Morgan fingerprint density at radius 2 is 1.95 bits per heavy atom. The molecule has 1 aromatic heterocycles. The maximum Gasteiger partial charge on any atom is 0.135 e. The van der Waals surface area contributed by atoms with Crippen LogP contribution in [-0.2, 0) is 6.54 Å². The fraction of sp³-hybridized carbons (Fsp3) is 0.867. The summed E-state index contributed by atoms with van der Waals surface area (Å²) >= 11 is 0. The molecule has 1 aliphatic rings. The second kappa shape index (κ2) is 5.23. The monoisotopic (exact) mass is 264 g/mol. The van der Waals surface area contributed by atoms with Gasteiger partial charge in [-0.15, -0.1) is 10.2 Å². The molecule has 0 radical (unpaired) electrons. The van der Waals surface area contributed by atoms with Gasteiger partial charge in [0.1, 0.15) is 12.2 Å². The maximum atomic E-state index is 4.35. The molecular formula is C15H28N4. The van der Waals surface area contributed by atoms with E-state index >= 15 is 0 Å². The number of rotatable bonds is 1. The number of hydrogen-bond donors (Lipinski definition) is 0. The second-order valence-electron chi connectivity index (χ2n) is 7.23. The Kier molecular flexibility index (Phi) is 4.00. The van der Waals surface area contributed by atoms with Crippen LogP contribution in [0.2, 0.25) is 0 Å². The van der Waals surface area contributed by atoms with Crippen molar-refractivity contribution in [3.63, 3.8) is 0 Å². The van der Waals surface area contributed by atoms with Crippen molar-refractivity contribution in [3.05, 3.63) is 12.2 Å².